The van der Waals surface area contributed by atoms with Crippen LogP contribution in [0, 0.1) is 6.92 Å². The Balaban J connectivity index is 1.99. The Hall–Kier alpha value is -1.31. The second kappa shape index (κ2) is 3.09. The van der Waals surface area contributed by atoms with E-state index in [-0.39, 0.29) is 5.41 Å². The van der Waals surface area contributed by atoms with Crippen molar-refractivity contribution in [3.63, 3.8) is 0 Å². The third kappa shape index (κ3) is 1.36. The summed E-state index contributed by atoms with van der Waals surface area (Å²) < 4.78 is 0. The molecule has 1 aliphatic heterocycles. The van der Waals surface area contributed by atoms with E-state index in [1.807, 2.05) is 0 Å². The van der Waals surface area contributed by atoms with Gasteiger partial charge in [-0.05, 0) is 25.3 Å². The number of aryl methyl sites for hydroxylation is 1. The number of rotatable bonds is 2. The molecular weight excluding hydrogens is 184 g/mol. The molecule has 0 spiro atoms. The first-order chi connectivity index (χ1) is 7.31. The van der Waals surface area contributed by atoms with Crippen LogP contribution >= 0.6 is 0 Å². The zero-order chi connectivity index (χ0) is 10.3. The van der Waals surface area contributed by atoms with E-state index < -0.39 is 0 Å². The van der Waals surface area contributed by atoms with Crippen LogP contribution in [0.5, 0.6) is 0 Å². The molecule has 0 radical (unpaired) electrons. The Morgan fingerprint density at radius 1 is 1.33 bits per heavy atom. The third-order valence-electron chi connectivity index (χ3n) is 3.45. The summed E-state index contributed by atoms with van der Waals surface area (Å²) in [4.78, 5) is 4.58. The highest BCUT2D eigenvalue weighted by molar-refractivity contribution is 5.96. The van der Waals surface area contributed by atoms with Crippen molar-refractivity contribution in [2.24, 2.45) is 4.99 Å². The molecule has 1 aliphatic carbocycles. The number of aliphatic imine (C=N–C) groups is 1. The maximum Gasteiger partial charge on any atom is 0.107 e. The van der Waals surface area contributed by atoms with E-state index in [0.29, 0.717) is 0 Å². The molecule has 1 aromatic carbocycles. The van der Waals surface area contributed by atoms with Crippen molar-refractivity contribution < 1.29 is 0 Å². The van der Waals surface area contributed by atoms with Gasteiger partial charge in [0.1, 0.15) is 5.84 Å². The predicted octanol–water partition coefficient (Wildman–Crippen LogP) is 2.03. The van der Waals surface area contributed by atoms with Gasteiger partial charge in [-0.25, -0.2) is 0 Å². The molecule has 3 rings (SSSR count). The number of benzene rings is 1. The average Bonchev–Trinajstić information content (AvgIpc) is 2.87. The fourth-order valence-corrected chi connectivity index (χ4v) is 2.45. The summed E-state index contributed by atoms with van der Waals surface area (Å²) in [5.41, 5.74) is 3.04. The molecule has 1 fully saturated rings. The van der Waals surface area contributed by atoms with E-state index in [1.165, 1.54) is 29.8 Å². The summed E-state index contributed by atoms with van der Waals surface area (Å²) in [5.74, 6) is 1.23. The molecule has 1 heterocycles. The minimum atomic E-state index is 0.252. The molecule has 15 heavy (non-hydrogen) atoms. The highest BCUT2D eigenvalue weighted by Crippen LogP contribution is 2.49. The Labute approximate surface area is 90.4 Å². The Morgan fingerprint density at radius 2 is 2.20 bits per heavy atom. The monoisotopic (exact) mass is 200 g/mol. The molecular formula is C13H16N2. The molecule has 1 aromatic rings. The van der Waals surface area contributed by atoms with E-state index in [9.17, 15) is 0 Å². The fraction of sp³-hybridized carbons (Fsp3) is 0.462. The van der Waals surface area contributed by atoms with Crippen LogP contribution in [0.15, 0.2) is 29.3 Å². The lowest BCUT2D eigenvalue weighted by Gasteiger charge is -2.16. The Morgan fingerprint density at radius 3 is 2.80 bits per heavy atom. The number of amidine groups is 1. The summed E-state index contributed by atoms with van der Waals surface area (Å²) >= 11 is 0. The van der Waals surface area contributed by atoms with Gasteiger partial charge in [0.25, 0.3) is 0 Å². The maximum atomic E-state index is 4.58. The van der Waals surface area contributed by atoms with Gasteiger partial charge in [0.05, 0.1) is 12.0 Å². The van der Waals surface area contributed by atoms with Gasteiger partial charge in [0.15, 0.2) is 0 Å². The van der Waals surface area contributed by atoms with Crippen molar-refractivity contribution in [3.8, 4) is 0 Å². The average molecular weight is 200 g/mol. The van der Waals surface area contributed by atoms with Crippen LogP contribution in [0.3, 0.4) is 0 Å². The fourth-order valence-electron chi connectivity index (χ4n) is 2.45. The highest BCUT2D eigenvalue weighted by Gasteiger charge is 2.49. The van der Waals surface area contributed by atoms with Gasteiger partial charge >= 0.3 is 0 Å². The van der Waals surface area contributed by atoms with E-state index in [1.54, 1.807) is 0 Å². The Bertz CT molecular complexity index is 416. The number of nitrogens with one attached hydrogen (secondary N) is 1. The number of hydrogen-bond acceptors (Lipinski definition) is 2. The smallest absolute Gasteiger partial charge is 0.107 e. The first-order valence-corrected chi connectivity index (χ1v) is 5.67. The summed E-state index contributed by atoms with van der Waals surface area (Å²) in [6.07, 6.45) is 2.50. The van der Waals surface area contributed by atoms with Crippen molar-refractivity contribution in [2.75, 3.05) is 13.1 Å². The van der Waals surface area contributed by atoms with Crippen molar-refractivity contribution in [1.82, 2.24) is 5.32 Å². The van der Waals surface area contributed by atoms with Gasteiger partial charge in [-0.2, -0.15) is 0 Å². The van der Waals surface area contributed by atoms with Gasteiger partial charge in [-0.3, -0.25) is 4.99 Å². The summed E-state index contributed by atoms with van der Waals surface area (Å²) in [6.45, 7) is 4.12. The first kappa shape index (κ1) is 8.96. The van der Waals surface area contributed by atoms with Crippen LogP contribution in [0.2, 0.25) is 0 Å². The molecule has 0 bridgehead atoms. The van der Waals surface area contributed by atoms with Gasteiger partial charge in [0, 0.05) is 6.54 Å². The van der Waals surface area contributed by atoms with Gasteiger partial charge in [-0.1, -0.05) is 29.8 Å². The summed E-state index contributed by atoms with van der Waals surface area (Å²) in [7, 11) is 0. The maximum absolute atomic E-state index is 4.58. The minimum Gasteiger partial charge on any atom is -0.371 e. The molecule has 2 heteroatoms. The van der Waals surface area contributed by atoms with Crippen LogP contribution in [0.1, 0.15) is 24.0 Å². The molecule has 2 aliphatic rings. The molecule has 0 saturated heterocycles. The van der Waals surface area contributed by atoms with Crippen LogP contribution in [-0.4, -0.2) is 18.9 Å². The van der Waals surface area contributed by atoms with E-state index in [0.717, 1.165) is 13.1 Å². The largest absolute Gasteiger partial charge is 0.371 e. The Kier molecular flexibility index (Phi) is 1.84. The molecule has 0 atom stereocenters. The van der Waals surface area contributed by atoms with Crippen molar-refractivity contribution >= 4 is 5.84 Å². The van der Waals surface area contributed by atoms with Crippen LogP contribution in [-0.2, 0) is 5.41 Å². The zero-order valence-electron chi connectivity index (χ0n) is 9.09. The quantitative estimate of drug-likeness (QED) is 0.776. The second-order valence-electron chi connectivity index (χ2n) is 4.61. The second-order valence-corrected chi connectivity index (χ2v) is 4.61. The van der Waals surface area contributed by atoms with Crippen molar-refractivity contribution in [1.29, 1.82) is 0 Å². The van der Waals surface area contributed by atoms with E-state index >= 15 is 0 Å². The topological polar surface area (TPSA) is 24.4 Å². The lowest BCUT2D eigenvalue weighted by Crippen LogP contribution is -2.31. The molecule has 0 unspecified atom stereocenters. The lowest BCUT2D eigenvalue weighted by atomic mass is 9.93. The van der Waals surface area contributed by atoms with Crippen molar-refractivity contribution in [2.45, 2.75) is 25.2 Å². The standard InChI is InChI=1S/C13H16N2/c1-10-3-2-4-11(9-10)13(5-6-13)12-14-7-8-15-12/h2-4,9H,5-8H2,1H3,(H,14,15). The van der Waals surface area contributed by atoms with Gasteiger partial charge in [0.2, 0.25) is 0 Å². The molecule has 78 valence electrons. The van der Waals surface area contributed by atoms with E-state index in [2.05, 4.69) is 41.5 Å². The summed E-state index contributed by atoms with van der Waals surface area (Å²) in [5, 5.41) is 3.43. The minimum absolute atomic E-state index is 0.252. The van der Waals surface area contributed by atoms with Gasteiger partial charge in [-0.15, -0.1) is 0 Å². The van der Waals surface area contributed by atoms with Gasteiger partial charge < -0.3 is 5.32 Å². The molecule has 1 N–H and O–H groups in total. The van der Waals surface area contributed by atoms with E-state index in [4.69, 9.17) is 0 Å². The van der Waals surface area contributed by atoms with Crippen LogP contribution < -0.4 is 5.32 Å². The SMILES string of the molecule is Cc1cccc(C2(C3=NCCN3)CC2)c1. The predicted molar refractivity (Wildman–Crippen MR) is 62.4 cm³/mol. The first-order valence-electron chi connectivity index (χ1n) is 5.67. The van der Waals surface area contributed by atoms with Crippen LogP contribution in [0.25, 0.3) is 0 Å². The van der Waals surface area contributed by atoms with Crippen molar-refractivity contribution in [3.05, 3.63) is 35.4 Å². The lowest BCUT2D eigenvalue weighted by molar-refractivity contribution is 0.879. The molecule has 0 aromatic heterocycles. The molecule has 1 saturated carbocycles. The number of hydrogen-bond donors (Lipinski definition) is 1. The normalized spacial score (nSPS) is 22.1. The van der Waals surface area contributed by atoms with Crippen LogP contribution in [0.4, 0.5) is 0 Å². The summed E-state index contributed by atoms with van der Waals surface area (Å²) in [6, 6.07) is 8.85. The zero-order valence-corrected chi connectivity index (χ0v) is 9.09. The molecule has 2 nitrogen and oxygen atoms in total. The molecule has 0 amide bonds. The third-order valence-corrected chi connectivity index (χ3v) is 3.45. The highest BCUT2D eigenvalue weighted by atomic mass is 15.1. The number of nitrogens with zero attached hydrogens (tertiary/aromatic N) is 1.